The highest BCUT2D eigenvalue weighted by Gasteiger charge is 2.18. The number of methoxy groups -OCH3 is 1. The third-order valence-electron chi connectivity index (χ3n) is 3.30. The lowest BCUT2D eigenvalue weighted by Crippen LogP contribution is -1.97. The molecule has 0 amide bonds. The fourth-order valence-electron chi connectivity index (χ4n) is 2.18. The largest absolute Gasteiger partial charge is 0.497 e. The molecule has 2 heterocycles. The molecular weight excluding hydrogens is 286 g/mol. The summed E-state index contributed by atoms with van der Waals surface area (Å²) in [4.78, 5) is 5.44. The lowest BCUT2D eigenvalue weighted by molar-refractivity contribution is 0.275. The Morgan fingerprint density at radius 1 is 1.38 bits per heavy atom. The summed E-state index contributed by atoms with van der Waals surface area (Å²) in [6.07, 6.45) is 0. The van der Waals surface area contributed by atoms with E-state index >= 15 is 0 Å². The quantitative estimate of drug-likeness (QED) is 0.804. The number of aromatic nitrogens is 3. The van der Waals surface area contributed by atoms with E-state index in [9.17, 15) is 5.11 Å². The van der Waals surface area contributed by atoms with E-state index in [1.165, 1.54) is 0 Å². The summed E-state index contributed by atoms with van der Waals surface area (Å²) in [6.45, 7) is 4.09. The first-order valence-electron chi connectivity index (χ1n) is 6.77. The molecule has 0 spiro atoms. The highest BCUT2D eigenvalue weighted by atomic mass is 32.1. The maximum atomic E-state index is 9.71. The average molecular weight is 303 g/mol. The number of rotatable bonds is 4. The third-order valence-corrected chi connectivity index (χ3v) is 4.51. The Morgan fingerprint density at radius 2 is 2.19 bits per heavy atom. The van der Waals surface area contributed by atoms with Crippen molar-refractivity contribution in [2.75, 3.05) is 7.11 Å². The summed E-state index contributed by atoms with van der Waals surface area (Å²) in [6, 6.07) is 7.66. The Bertz CT molecular complexity index is 776. The number of nitrogens with zero attached hydrogens (tertiary/aromatic N) is 3. The minimum atomic E-state index is -0.102. The molecule has 1 N–H and O–H groups in total. The van der Waals surface area contributed by atoms with Gasteiger partial charge in [-0.3, -0.25) is 0 Å². The summed E-state index contributed by atoms with van der Waals surface area (Å²) in [5.74, 6) is 1.12. The number of fused-ring (bicyclic) bond motifs is 1. The summed E-state index contributed by atoms with van der Waals surface area (Å²) in [5.41, 5.74) is 2.38. The van der Waals surface area contributed by atoms with Gasteiger partial charge in [0.15, 0.2) is 0 Å². The number of aliphatic hydroxyl groups excluding tert-OH is 1. The van der Waals surface area contributed by atoms with Gasteiger partial charge in [0, 0.05) is 11.5 Å². The Labute approximate surface area is 126 Å². The molecule has 3 rings (SSSR count). The van der Waals surface area contributed by atoms with Crippen LogP contribution in [0.1, 0.15) is 30.5 Å². The van der Waals surface area contributed by atoms with Crippen LogP contribution in [0.3, 0.4) is 0 Å². The topological polar surface area (TPSA) is 59.7 Å². The van der Waals surface area contributed by atoms with Crippen molar-refractivity contribution in [3.8, 4) is 17.0 Å². The van der Waals surface area contributed by atoms with E-state index in [4.69, 9.17) is 4.74 Å². The Kier molecular flexibility index (Phi) is 3.65. The molecule has 0 atom stereocenters. The minimum Gasteiger partial charge on any atom is -0.497 e. The molecule has 0 aliphatic rings. The van der Waals surface area contributed by atoms with E-state index in [1.807, 2.05) is 24.3 Å². The van der Waals surface area contributed by atoms with Crippen molar-refractivity contribution < 1.29 is 9.84 Å². The second-order valence-electron chi connectivity index (χ2n) is 5.09. The molecule has 3 aromatic rings. The van der Waals surface area contributed by atoms with Crippen LogP contribution in [0.2, 0.25) is 0 Å². The summed E-state index contributed by atoms with van der Waals surface area (Å²) in [7, 11) is 1.63. The van der Waals surface area contributed by atoms with Crippen molar-refractivity contribution in [3.63, 3.8) is 0 Å². The van der Waals surface area contributed by atoms with Gasteiger partial charge in [-0.2, -0.15) is 5.10 Å². The number of hydrogen-bond acceptors (Lipinski definition) is 5. The smallest absolute Gasteiger partial charge is 0.213 e. The van der Waals surface area contributed by atoms with Gasteiger partial charge in [-0.15, -0.1) is 0 Å². The number of hydrogen-bond donors (Lipinski definition) is 1. The predicted molar refractivity (Wildman–Crippen MR) is 82.9 cm³/mol. The number of aliphatic hydroxyl groups is 1. The number of imidazole rings is 1. The Hall–Kier alpha value is -1.92. The van der Waals surface area contributed by atoms with Gasteiger partial charge in [0.05, 0.1) is 25.1 Å². The van der Waals surface area contributed by atoms with Gasteiger partial charge < -0.3 is 9.84 Å². The van der Waals surface area contributed by atoms with Gasteiger partial charge in [-0.05, 0) is 12.1 Å². The van der Waals surface area contributed by atoms with E-state index in [1.54, 1.807) is 23.0 Å². The maximum absolute atomic E-state index is 9.71. The molecule has 2 aromatic heterocycles. The van der Waals surface area contributed by atoms with Crippen LogP contribution in [-0.2, 0) is 6.61 Å². The molecule has 0 bridgehead atoms. The van der Waals surface area contributed by atoms with Gasteiger partial charge in [0.2, 0.25) is 4.96 Å². The molecule has 0 aliphatic heterocycles. The first-order valence-corrected chi connectivity index (χ1v) is 7.59. The molecule has 5 nitrogen and oxygen atoms in total. The van der Waals surface area contributed by atoms with Gasteiger partial charge in [0.1, 0.15) is 10.8 Å². The zero-order valence-electron chi connectivity index (χ0n) is 12.2. The Balaban J connectivity index is 2.16. The molecular formula is C15H17N3O2S. The summed E-state index contributed by atoms with van der Waals surface area (Å²) < 4.78 is 6.99. The van der Waals surface area contributed by atoms with Gasteiger partial charge in [0.25, 0.3) is 0 Å². The first kappa shape index (κ1) is 14.0. The van der Waals surface area contributed by atoms with Crippen LogP contribution in [-0.4, -0.2) is 26.8 Å². The first-order chi connectivity index (χ1) is 10.1. The normalized spacial score (nSPS) is 11.5. The van der Waals surface area contributed by atoms with E-state index in [2.05, 4.69) is 23.9 Å². The van der Waals surface area contributed by atoms with Crippen molar-refractivity contribution in [2.24, 2.45) is 0 Å². The molecule has 0 saturated carbocycles. The second-order valence-corrected chi connectivity index (χ2v) is 6.07. The van der Waals surface area contributed by atoms with Crippen molar-refractivity contribution >= 4 is 16.3 Å². The zero-order valence-corrected chi connectivity index (χ0v) is 13.0. The van der Waals surface area contributed by atoms with Gasteiger partial charge in [-0.25, -0.2) is 9.50 Å². The monoisotopic (exact) mass is 303 g/mol. The summed E-state index contributed by atoms with van der Waals surface area (Å²) in [5, 5.41) is 15.3. The standard InChI is InChI=1S/C15H17N3O2S/c1-9(2)14-17-18-12(8-19)13(16-15(18)21-14)10-5-4-6-11(7-10)20-3/h4-7,9,19H,8H2,1-3H3. The van der Waals surface area contributed by atoms with Crippen molar-refractivity contribution in [1.29, 1.82) is 0 Å². The Morgan fingerprint density at radius 3 is 2.86 bits per heavy atom. The minimum absolute atomic E-state index is 0.102. The molecule has 0 unspecified atom stereocenters. The fourth-order valence-corrected chi connectivity index (χ4v) is 3.10. The third kappa shape index (κ3) is 2.41. The highest BCUT2D eigenvalue weighted by molar-refractivity contribution is 7.16. The van der Waals surface area contributed by atoms with E-state index in [0.29, 0.717) is 11.6 Å². The van der Waals surface area contributed by atoms with Crippen molar-refractivity contribution in [2.45, 2.75) is 26.4 Å². The van der Waals surface area contributed by atoms with Crippen LogP contribution >= 0.6 is 11.3 Å². The van der Waals surface area contributed by atoms with E-state index < -0.39 is 0 Å². The molecule has 21 heavy (non-hydrogen) atoms. The SMILES string of the molecule is COc1cccc(-c2nc3sc(C(C)C)nn3c2CO)c1. The second kappa shape index (κ2) is 5.46. The van der Waals surface area contributed by atoms with Gasteiger partial charge >= 0.3 is 0 Å². The number of benzene rings is 1. The molecule has 0 saturated heterocycles. The van der Waals surface area contributed by atoms with Crippen LogP contribution in [0.5, 0.6) is 5.75 Å². The lowest BCUT2D eigenvalue weighted by atomic mass is 10.1. The van der Waals surface area contributed by atoms with Crippen molar-refractivity contribution in [3.05, 3.63) is 35.0 Å². The maximum Gasteiger partial charge on any atom is 0.213 e. The average Bonchev–Trinajstić information content (AvgIpc) is 3.04. The van der Waals surface area contributed by atoms with Crippen LogP contribution in [0.4, 0.5) is 0 Å². The summed E-state index contributed by atoms with van der Waals surface area (Å²) >= 11 is 1.56. The van der Waals surface area contributed by atoms with Crippen LogP contribution in [0.15, 0.2) is 24.3 Å². The van der Waals surface area contributed by atoms with E-state index in [-0.39, 0.29) is 6.61 Å². The van der Waals surface area contributed by atoms with Crippen molar-refractivity contribution in [1.82, 2.24) is 14.6 Å². The predicted octanol–water partition coefficient (Wildman–Crippen LogP) is 3.08. The zero-order chi connectivity index (χ0) is 15.0. The molecule has 0 radical (unpaired) electrons. The fraction of sp³-hybridized carbons (Fsp3) is 0.333. The van der Waals surface area contributed by atoms with Crippen LogP contribution < -0.4 is 4.74 Å². The molecule has 1 aromatic carbocycles. The van der Waals surface area contributed by atoms with Crippen LogP contribution in [0, 0.1) is 0 Å². The number of ether oxygens (including phenoxy) is 1. The molecule has 0 aliphatic carbocycles. The lowest BCUT2D eigenvalue weighted by Gasteiger charge is -2.04. The molecule has 0 fully saturated rings. The van der Waals surface area contributed by atoms with Gasteiger partial charge in [-0.1, -0.05) is 37.3 Å². The van der Waals surface area contributed by atoms with Crippen LogP contribution in [0.25, 0.3) is 16.2 Å². The molecule has 110 valence electrons. The highest BCUT2D eigenvalue weighted by Crippen LogP contribution is 2.30. The van der Waals surface area contributed by atoms with E-state index in [0.717, 1.165) is 27.0 Å². The molecule has 6 heteroatoms.